The summed E-state index contributed by atoms with van der Waals surface area (Å²) in [5.74, 6) is 0.509. The number of likely N-dealkylation sites (tertiary alicyclic amines) is 1. The summed E-state index contributed by atoms with van der Waals surface area (Å²) >= 11 is 3.25. The van der Waals surface area contributed by atoms with Crippen LogP contribution in [0.4, 0.5) is 0 Å². The maximum atomic E-state index is 12.2. The molecule has 2 aromatic rings. The number of nitrogens with zero attached hydrogens (tertiary/aromatic N) is 2. The van der Waals surface area contributed by atoms with Crippen molar-refractivity contribution in [3.05, 3.63) is 39.0 Å². The van der Waals surface area contributed by atoms with Crippen LogP contribution in [0.2, 0.25) is 0 Å². The van der Waals surface area contributed by atoms with Crippen molar-refractivity contribution < 1.29 is 9.53 Å². The van der Waals surface area contributed by atoms with Crippen LogP contribution in [-0.4, -0.2) is 48.6 Å². The van der Waals surface area contributed by atoms with Gasteiger partial charge in [0.15, 0.2) is 0 Å². The van der Waals surface area contributed by atoms with Gasteiger partial charge in [-0.2, -0.15) is 11.3 Å². The highest BCUT2D eigenvalue weighted by Crippen LogP contribution is 2.41. The van der Waals surface area contributed by atoms with E-state index in [1.165, 1.54) is 0 Å². The lowest BCUT2D eigenvalue weighted by atomic mass is 9.81. The Kier molecular flexibility index (Phi) is 4.19. The van der Waals surface area contributed by atoms with Gasteiger partial charge in [-0.05, 0) is 11.4 Å². The summed E-state index contributed by atoms with van der Waals surface area (Å²) in [6.45, 7) is 5.09. The third-order valence-electron chi connectivity index (χ3n) is 4.82. The Bertz CT molecular complexity index is 659. The van der Waals surface area contributed by atoms with Crippen molar-refractivity contribution in [1.29, 1.82) is 0 Å². The molecule has 7 heteroatoms. The molecule has 23 heavy (non-hydrogen) atoms. The Morgan fingerprint density at radius 2 is 2.48 bits per heavy atom. The van der Waals surface area contributed by atoms with Crippen molar-refractivity contribution in [2.75, 3.05) is 32.8 Å². The molecular weight excluding hydrogens is 330 g/mol. The van der Waals surface area contributed by atoms with Gasteiger partial charge in [-0.15, -0.1) is 11.3 Å². The largest absolute Gasteiger partial charge is 0.380 e. The van der Waals surface area contributed by atoms with Gasteiger partial charge in [0.1, 0.15) is 5.01 Å². The van der Waals surface area contributed by atoms with E-state index in [1.807, 2.05) is 28.4 Å². The predicted octanol–water partition coefficient (Wildman–Crippen LogP) is 2.08. The third kappa shape index (κ3) is 3.06. The van der Waals surface area contributed by atoms with E-state index < -0.39 is 0 Å². The van der Waals surface area contributed by atoms with Crippen LogP contribution in [0.25, 0.3) is 0 Å². The maximum Gasteiger partial charge on any atom is 0.252 e. The molecule has 1 amide bonds. The van der Waals surface area contributed by atoms with Gasteiger partial charge in [0, 0.05) is 53.5 Å². The standard InChI is InChI=1S/C16H19N3O2S2/c20-15(12-1-3-22-8-12)18-9-16-10-19(5-13(16)7-21-11-16)6-14-17-2-4-23-14/h1-4,8,13H,5-7,9-11H2,(H,18,20)/t13-,16+/m1/s1. The van der Waals surface area contributed by atoms with Crippen molar-refractivity contribution in [1.82, 2.24) is 15.2 Å². The number of fused-ring (bicyclic) bond motifs is 1. The van der Waals surface area contributed by atoms with Crippen LogP contribution in [0.1, 0.15) is 15.4 Å². The van der Waals surface area contributed by atoms with Gasteiger partial charge < -0.3 is 10.1 Å². The minimum Gasteiger partial charge on any atom is -0.380 e. The van der Waals surface area contributed by atoms with E-state index in [0.29, 0.717) is 12.5 Å². The zero-order valence-corrected chi connectivity index (χ0v) is 14.4. The van der Waals surface area contributed by atoms with Crippen molar-refractivity contribution in [3.63, 3.8) is 0 Å². The predicted molar refractivity (Wildman–Crippen MR) is 90.8 cm³/mol. The smallest absolute Gasteiger partial charge is 0.252 e. The Morgan fingerprint density at radius 3 is 3.26 bits per heavy atom. The topological polar surface area (TPSA) is 54.5 Å². The van der Waals surface area contributed by atoms with Crippen molar-refractivity contribution in [2.45, 2.75) is 6.54 Å². The first-order valence-electron chi connectivity index (χ1n) is 7.74. The molecule has 0 unspecified atom stereocenters. The minimum absolute atomic E-state index is 0.0182. The van der Waals surface area contributed by atoms with Crippen LogP contribution >= 0.6 is 22.7 Å². The van der Waals surface area contributed by atoms with E-state index in [4.69, 9.17) is 4.74 Å². The Hall–Kier alpha value is -1.28. The minimum atomic E-state index is 0.0182. The van der Waals surface area contributed by atoms with E-state index >= 15 is 0 Å². The van der Waals surface area contributed by atoms with Gasteiger partial charge in [0.25, 0.3) is 5.91 Å². The lowest BCUT2D eigenvalue weighted by molar-refractivity contribution is 0.0904. The van der Waals surface area contributed by atoms with Crippen molar-refractivity contribution >= 4 is 28.6 Å². The summed E-state index contributed by atoms with van der Waals surface area (Å²) in [5.41, 5.74) is 0.794. The summed E-state index contributed by atoms with van der Waals surface area (Å²) in [6, 6.07) is 1.86. The van der Waals surface area contributed by atoms with E-state index in [0.717, 1.165) is 43.4 Å². The molecular formula is C16H19N3O2S2. The third-order valence-corrected chi connectivity index (χ3v) is 6.27. The Labute approximate surface area is 143 Å². The monoisotopic (exact) mass is 349 g/mol. The first-order chi connectivity index (χ1) is 11.3. The normalized spacial score (nSPS) is 27.2. The number of nitrogens with one attached hydrogen (secondary N) is 1. The summed E-state index contributed by atoms with van der Waals surface area (Å²) < 4.78 is 5.73. The molecule has 122 valence electrons. The molecule has 0 aliphatic carbocycles. The zero-order valence-electron chi connectivity index (χ0n) is 12.7. The average molecular weight is 349 g/mol. The second-order valence-electron chi connectivity index (χ2n) is 6.36. The molecule has 2 aliphatic rings. The molecule has 0 aromatic carbocycles. The molecule has 2 aliphatic heterocycles. The molecule has 2 aromatic heterocycles. The molecule has 0 saturated carbocycles. The number of rotatable bonds is 5. The first kappa shape index (κ1) is 15.3. The molecule has 5 nitrogen and oxygen atoms in total. The maximum absolute atomic E-state index is 12.2. The molecule has 2 fully saturated rings. The molecule has 4 rings (SSSR count). The number of aromatic nitrogens is 1. The number of hydrogen-bond donors (Lipinski definition) is 1. The molecule has 0 spiro atoms. The highest BCUT2D eigenvalue weighted by Gasteiger charge is 2.50. The highest BCUT2D eigenvalue weighted by atomic mass is 32.1. The van der Waals surface area contributed by atoms with Gasteiger partial charge in [0.05, 0.1) is 19.8 Å². The number of thiophene rings is 1. The SMILES string of the molecule is O=C(NC[C@]12COC[C@H]1CN(Cc1nccs1)C2)c1ccsc1. The van der Waals surface area contributed by atoms with Crippen molar-refractivity contribution in [2.24, 2.45) is 11.3 Å². The Morgan fingerprint density at radius 1 is 1.52 bits per heavy atom. The average Bonchev–Trinajstić information content (AvgIpc) is 3.29. The number of amides is 1. The molecule has 0 bridgehead atoms. The molecule has 2 saturated heterocycles. The van der Waals surface area contributed by atoms with Crippen LogP contribution in [0.15, 0.2) is 28.4 Å². The fraction of sp³-hybridized carbons (Fsp3) is 0.500. The lowest BCUT2D eigenvalue weighted by Gasteiger charge is -2.27. The van der Waals surface area contributed by atoms with Gasteiger partial charge in [-0.3, -0.25) is 9.69 Å². The summed E-state index contributed by atoms with van der Waals surface area (Å²) in [4.78, 5) is 19.0. The fourth-order valence-corrected chi connectivity index (χ4v) is 4.88. The molecule has 4 heterocycles. The number of thiazole rings is 1. The molecule has 1 N–H and O–H groups in total. The van der Waals surface area contributed by atoms with E-state index in [1.54, 1.807) is 22.7 Å². The van der Waals surface area contributed by atoms with E-state index in [9.17, 15) is 4.79 Å². The van der Waals surface area contributed by atoms with Gasteiger partial charge in [0.2, 0.25) is 0 Å². The summed E-state index contributed by atoms with van der Waals surface area (Å²) in [6.07, 6.45) is 1.86. The van der Waals surface area contributed by atoms with Gasteiger partial charge in [-0.1, -0.05) is 0 Å². The van der Waals surface area contributed by atoms with E-state index in [-0.39, 0.29) is 11.3 Å². The number of hydrogen-bond acceptors (Lipinski definition) is 6. The highest BCUT2D eigenvalue weighted by molar-refractivity contribution is 7.09. The number of ether oxygens (including phenoxy) is 1. The van der Waals surface area contributed by atoms with E-state index in [2.05, 4.69) is 15.2 Å². The summed E-state index contributed by atoms with van der Waals surface area (Å²) in [7, 11) is 0. The summed E-state index contributed by atoms with van der Waals surface area (Å²) in [5, 5.41) is 10.1. The van der Waals surface area contributed by atoms with Crippen LogP contribution in [0.3, 0.4) is 0 Å². The molecule has 2 atom stereocenters. The van der Waals surface area contributed by atoms with Crippen LogP contribution in [0, 0.1) is 11.3 Å². The van der Waals surface area contributed by atoms with Gasteiger partial charge in [-0.25, -0.2) is 4.98 Å². The van der Waals surface area contributed by atoms with Gasteiger partial charge >= 0.3 is 0 Å². The van der Waals surface area contributed by atoms with Crippen molar-refractivity contribution in [3.8, 4) is 0 Å². The van der Waals surface area contributed by atoms with Crippen LogP contribution in [0.5, 0.6) is 0 Å². The fourth-order valence-electron chi connectivity index (χ4n) is 3.59. The number of carbonyl (C=O) groups excluding carboxylic acids is 1. The van der Waals surface area contributed by atoms with Crippen LogP contribution in [-0.2, 0) is 11.3 Å². The van der Waals surface area contributed by atoms with Crippen LogP contribution < -0.4 is 5.32 Å². The molecule has 0 radical (unpaired) electrons. The quantitative estimate of drug-likeness (QED) is 0.898. The first-order valence-corrected chi connectivity index (χ1v) is 9.56. The second-order valence-corrected chi connectivity index (χ2v) is 8.12. The zero-order chi connectivity index (χ0) is 15.7. The lowest BCUT2D eigenvalue weighted by Crippen LogP contribution is -2.43. The number of carbonyl (C=O) groups is 1. The Balaban J connectivity index is 1.40. The second kappa shape index (κ2) is 6.32.